The fraction of sp³-hybridized carbons (Fsp3) is 0.379. The van der Waals surface area contributed by atoms with Gasteiger partial charge < -0.3 is 5.32 Å². The molecule has 2 heterocycles. The summed E-state index contributed by atoms with van der Waals surface area (Å²) in [5, 5.41) is 13.4. The van der Waals surface area contributed by atoms with Crippen molar-refractivity contribution in [3.63, 3.8) is 0 Å². The second-order valence-corrected chi connectivity index (χ2v) is 12.9. The third-order valence-electron chi connectivity index (χ3n) is 7.45. The van der Waals surface area contributed by atoms with Crippen LogP contribution < -0.4 is 10.2 Å². The Morgan fingerprint density at radius 3 is 2.39 bits per heavy atom. The van der Waals surface area contributed by atoms with E-state index >= 15 is 0 Å². The summed E-state index contributed by atoms with van der Waals surface area (Å²) in [4.78, 5) is 30.3. The van der Waals surface area contributed by atoms with Crippen molar-refractivity contribution in [2.24, 2.45) is 0 Å². The highest BCUT2D eigenvalue weighted by Crippen LogP contribution is 2.33. The summed E-state index contributed by atoms with van der Waals surface area (Å²) in [6, 6.07) is 16.3. The van der Waals surface area contributed by atoms with Crippen LogP contribution >= 0.6 is 11.3 Å². The van der Waals surface area contributed by atoms with Crippen molar-refractivity contribution in [1.29, 1.82) is 0 Å². The summed E-state index contributed by atoms with van der Waals surface area (Å²) in [5.41, 5.74) is 1.77. The third-order valence-corrected chi connectivity index (χ3v) is 10.4. The van der Waals surface area contributed by atoms with Gasteiger partial charge in [-0.3, -0.25) is 14.5 Å². The van der Waals surface area contributed by atoms with Crippen LogP contribution in [0.2, 0.25) is 0 Å². The number of hydrogen-bond acceptors (Lipinski definition) is 7. The van der Waals surface area contributed by atoms with Gasteiger partial charge in [0.05, 0.1) is 10.4 Å². The second-order valence-electron chi connectivity index (χ2n) is 9.99. The molecule has 10 nitrogen and oxygen atoms in total. The minimum absolute atomic E-state index is 0.0581. The molecule has 1 saturated carbocycles. The highest BCUT2D eigenvalue weighted by atomic mass is 32.2. The van der Waals surface area contributed by atoms with Crippen LogP contribution in [-0.2, 0) is 26.2 Å². The van der Waals surface area contributed by atoms with Crippen molar-refractivity contribution in [2.75, 3.05) is 18.0 Å². The summed E-state index contributed by atoms with van der Waals surface area (Å²) in [5.74, 6) is -0.643. The van der Waals surface area contributed by atoms with E-state index in [1.54, 1.807) is 26.0 Å². The standard InChI is InChI=1S/C29H34N6O4S2/c1-3-33(4-2)41(38,39)23-17-15-22(16-18-23)35(27(36)20-34-25-13-8-7-12-24(25)31-32-34)28(26-14-9-19-40-26)29(37)30-21-10-5-6-11-21/h7-9,12-19,21,28H,3-6,10-11,20H2,1-2H3,(H,30,37)/t28-/m0/s1. The molecule has 41 heavy (non-hydrogen) atoms. The largest absolute Gasteiger partial charge is 0.351 e. The van der Waals surface area contributed by atoms with E-state index in [1.165, 1.54) is 37.4 Å². The number of amides is 2. The maximum absolute atomic E-state index is 14.2. The lowest BCUT2D eigenvalue weighted by Gasteiger charge is -2.31. The molecule has 0 unspecified atom stereocenters. The van der Waals surface area contributed by atoms with Gasteiger partial charge in [-0.2, -0.15) is 4.31 Å². The Bertz CT molecular complexity index is 1590. The van der Waals surface area contributed by atoms with Crippen molar-refractivity contribution in [3.8, 4) is 0 Å². The first kappa shape index (κ1) is 28.9. The topological polar surface area (TPSA) is 118 Å². The van der Waals surface area contributed by atoms with E-state index in [1.807, 2.05) is 41.8 Å². The zero-order valence-corrected chi connectivity index (χ0v) is 24.8. The number of benzene rings is 2. The number of rotatable bonds is 11. The molecular weight excluding hydrogens is 560 g/mol. The molecule has 2 amide bonds. The Morgan fingerprint density at radius 1 is 1.02 bits per heavy atom. The van der Waals surface area contributed by atoms with Crippen LogP contribution in [0, 0.1) is 0 Å². The highest BCUT2D eigenvalue weighted by molar-refractivity contribution is 7.89. The van der Waals surface area contributed by atoms with Crippen molar-refractivity contribution in [3.05, 3.63) is 70.9 Å². The summed E-state index contributed by atoms with van der Waals surface area (Å²) >= 11 is 1.39. The zero-order valence-electron chi connectivity index (χ0n) is 23.1. The van der Waals surface area contributed by atoms with E-state index in [-0.39, 0.29) is 29.3 Å². The van der Waals surface area contributed by atoms with Gasteiger partial charge >= 0.3 is 0 Å². The van der Waals surface area contributed by atoms with Gasteiger partial charge in [-0.25, -0.2) is 13.1 Å². The van der Waals surface area contributed by atoms with E-state index in [9.17, 15) is 18.0 Å². The van der Waals surface area contributed by atoms with Crippen LogP contribution in [0.15, 0.2) is 70.9 Å². The van der Waals surface area contributed by atoms with Crippen LogP contribution in [0.5, 0.6) is 0 Å². The van der Waals surface area contributed by atoms with E-state index in [0.29, 0.717) is 34.7 Å². The highest BCUT2D eigenvalue weighted by Gasteiger charge is 2.35. The number of sulfonamides is 1. The predicted octanol–water partition coefficient (Wildman–Crippen LogP) is 4.36. The minimum atomic E-state index is -3.69. The molecule has 1 fully saturated rings. The first-order chi connectivity index (χ1) is 19.8. The number of hydrogen-bond donors (Lipinski definition) is 1. The normalized spacial score (nSPS) is 14.9. The molecule has 2 aromatic heterocycles. The molecule has 216 valence electrons. The molecule has 12 heteroatoms. The van der Waals surface area contributed by atoms with Gasteiger partial charge in [0.1, 0.15) is 18.1 Å². The predicted molar refractivity (Wildman–Crippen MR) is 159 cm³/mol. The van der Waals surface area contributed by atoms with Gasteiger partial charge in [0.25, 0.3) is 0 Å². The number of carbonyl (C=O) groups is 2. The lowest BCUT2D eigenvalue weighted by atomic mass is 10.1. The van der Waals surface area contributed by atoms with E-state index in [4.69, 9.17) is 0 Å². The monoisotopic (exact) mass is 594 g/mol. The Kier molecular flexibility index (Phi) is 8.81. The van der Waals surface area contributed by atoms with Gasteiger partial charge in [-0.15, -0.1) is 16.4 Å². The molecule has 4 aromatic rings. The lowest BCUT2D eigenvalue weighted by Crippen LogP contribution is -2.47. The Hall–Kier alpha value is -3.61. The van der Waals surface area contributed by atoms with Crippen LogP contribution in [-0.4, -0.2) is 58.7 Å². The van der Waals surface area contributed by atoms with Gasteiger partial charge in [0, 0.05) is 29.7 Å². The zero-order chi connectivity index (χ0) is 29.0. The van der Waals surface area contributed by atoms with Crippen LogP contribution in [0.3, 0.4) is 0 Å². The van der Waals surface area contributed by atoms with Gasteiger partial charge in [-0.1, -0.05) is 50.1 Å². The second kappa shape index (κ2) is 12.5. The number of nitrogens with one attached hydrogen (secondary N) is 1. The number of aromatic nitrogens is 3. The first-order valence-electron chi connectivity index (χ1n) is 13.9. The van der Waals surface area contributed by atoms with E-state index in [2.05, 4.69) is 15.6 Å². The molecule has 0 spiro atoms. The lowest BCUT2D eigenvalue weighted by molar-refractivity contribution is -0.127. The molecule has 0 radical (unpaired) electrons. The molecule has 1 aliphatic rings. The first-order valence-corrected chi connectivity index (χ1v) is 16.2. The van der Waals surface area contributed by atoms with Gasteiger partial charge in [-0.05, 0) is 60.7 Å². The van der Waals surface area contributed by atoms with Crippen molar-refractivity contribution >= 4 is 49.9 Å². The number of thiophene rings is 1. The van der Waals surface area contributed by atoms with Crippen molar-refractivity contribution < 1.29 is 18.0 Å². The summed E-state index contributed by atoms with van der Waals surface area (Å²) < 4.78 is 29.2. The number of fused-ring (bicyclic) bond motifs is 1. The van der Waals surface area contributed by atoms with E-state index in [0.717, 1.165) is 25.7 Å². The maximum atomic E-state index is 14.2. The van der Waals surface area contributed by atoms with E-state index < -0.39 is 16.1 Å². The fourth-order valence-electron chi connectivity index (χ4n) is 5.34. The molecule has 5 rings (SSSR count). The Morgan fingerprint density at radius 2 is 1.73 bits per heavy atom. The molecule has 2 aromatic carbocycles. The smallest absolute Gasteiger partial charge is 0.249 e. The minimum Gasteiger partial charge on any atom is -0.351 e. The third kappa shape index (κ3) is 6.04. The van der Waals surface area contributed by atoms with Crippen molar-refractivity contribution in [1.82, 2.24) is 24.6 Å². The van der Waals surface area contributed by atoms with Crippen molar-refractivity contribution in [2.45, 2.75) is 63.1 Å². The molecule has 1 aliphatic carbocycles. The molecule has 0 saturated heterocycles. The number of carbonyl (C=O) groups excluding carboxylic acids is 2. The Balaban J connectivity index is 1.55. The molecule has 1 atom stereocenters. The van der Waals surface area contributed by atoms with Crippen LogP contribution in [0.1, 0.15) is 50.4 Å². The number of anilines is 1. The van der Waals surface area contributed by atoms with Gasteiger partial charge in [0.15, 0.2) is 0 Å². The van der Waals surface area contributed by atoms with Crippen LogP contribution in [0.4, 0.5) is 5.69 Å². The summed E-state index contributed by atoms with van der Waals surface area (Å²) in [6.07, 6.45) is 3.91. The summed E-state index contributed by atoms with van der Waals surface area (Å²) in [6.45, 7) is 4.12. The quantitative estimate of drug-likeness (QED) is 0.276. The average molecular weight is 595 g/mol. The SMILES string of the molecule is CCN(CC)S(=O)(=O)c1ccc(N(C(=O)Cn2nnc3ccccc32)[C@H](C(=O)NC2CCCC2)c2cccs2)cc1. The number of para-hydroxylation sites is 1. The summed E-state index contributed by atoms with van der Waals surface area (Å²) in [7, 11) is -3.69. The fourth-order valence-corrected chi connectivity index (χ4v) is 7.61. The molecule has 0 bridgehead atoms. The average Bonchev–Trinajstić information content (AvgIpc) is 3.76. The Labute approximate surface area is 244 Å². The number of nitrogens with zero attached hydrogens (tertiary/aromatic N) is 5. The molecule has 0 aliphatic heterocycles. The van der Waals surface area contributed by atoms with Crippen LogP contribution in [0.25, 0.3) is 11.0 Å². The maximum Gasteiger partial charge on any atom is 0.249 e. The molecule has 1 N–H and O–H groups in total. The van der Waals surface area contributed by atoms with Gasteiger partial charge in [0.2, 0.25) is 21.8 Å². The molecular formula is C29H34N6O4S2.